The molecule has 0 aromatic carbocycles. The van der Waals surface area contributed by atoms with E-state index in [9.17, 15) is 8.42 Å². The predicted octanol–water partition coefficient (Wildman–Crippen LogP) is 0.0322. The third-order valence-corrected chi connectivity index (χ3v) is 3.05. The molecule has 1 rings (SSSR count). The first-order valence-electron chi connectivity index (χ1n) is 5.21. The number of hydrogen-bond acceptors (Lipinski definition) is 3. The van der Waals surface area contributed by atoms with E-state index in [4.69, 9.17) is 0 Å². The fourth-order valence-corrected chi connectivity index (χ4v) is 2.09. The molecular formula is C9H18N4O2S. The van der Waals surface area contributed by atoms with Crippen LogP contribution in [-0.4, -0.2) is 31.5 Å². The molecule has 7 heteroatoms. The van der Waals surface area contributed by atoms with Crippen LogP contribution in [0.1, 0.15) is 19.5 Å². The lowest BCUT2D eigenvalue weighted by Gasteiger charge is -2.09. The molecule has 0 bridgehead atoms. The van der Waals surface area contributed by atoms with Crippen molar-refractivity contribution in [3.8, 4) is 0 Å². The Balaban J connectivity index is 2.26. The highest BCUT2D eigenvalue weighted by Gasteiger charge is 2.08. The Labute approximate surface area is 96.0 Å². The Bertz CT molecular complexity index is 386. The van der Waals surface area contributed by atoms with Gasteiger partial charge < -0.3 is 4.98 Å². The average molecular weight is 246 g/mol. The molecule has 1 aromatic heterocycles. The van der Waals surface area contributed by atoms with E-state index in [2.05, 4.69) is 19.4 Å². The fourth-order valence-electron chi connectivity index (χ4n) is 1.07. The van der Waals surface area contributed by atoms with Crippen LogP contribution in [0.5, 0.6) is 0 Å². The van der Waals surface area contributed by atoms with E-state index in [1.165, 1.54) is 0 Å². The molecule has 0 amide bonds. The second-order valence-corrected chi connectivity index (χ2v) is 5.55. The monoisotopic (exact) mass is 246 g/mol. The Kier molecular flexibility index (Phi) is 4.91. The number of aromatic nitrogens is 2. The second kappa shape index (κ2) is 5.97. The van der Waals surface area contributed by atoms with Crippen molar-refractivity contribution in [3.63, 3.8) is 0 Å². The molecule has 1 aromatic rings. The van der Waals surface area contributed by atoms with Crippen LogP contribution in [0.3, 0.4) is 0 Å². The summed E-state index contributed by atoms with van der Waals surface area (Å²) in [6.07, 6.45) is 3.85. The maximum Gasteiger partial charge on any atom is 0.276 e. The van der Waals surface area contributed by atoms with Gasteiger partial charge in [-0.25, -0.2) is 14.4 Å². The molecule has 0 atom stereocenters. The summed E-state index contributed by atoms with van der Waals surface area (Å²) < 4.78 is 27.8. The zero-order chi connectivity index (χ0) is 12.0. The number of nitrogens with zero attached hydrogens (tertiary/aromatic N) is 1. The van der Waals surface area contributed by atoms with Crippen LogP contribution in [-0.2, 0) is 16.6 Å². The van der Waals surface area contributed by atoms with E-state index in [0.29, 0.717) is 25.4 Å². The average Bonchev–Trinajstić information content (AvgIpc) is 2.68. The molecule has 0 fully saturated rings. The minimum Gasteiger partial charge on any atom is -0.348 e. The number of H-pyrrole nitrogens is 1. The van der Waals surface area contributed by atoms with E-state index in [1.54, 1.807) is 12.5 Å². The number of hydrogen-bond donors (Lipinski definition) is 3. The van der Waals surface area contributed by atoms with E-state index < -0.39 is 10.2 Å². The summed E-state index contributed by atoms with van der Waals surface area (Å²) in [5.41, 5.74) is 0.909. The Morgan fingerprint density at radius 1 is 1.44 bits per heavy atom. The molecule has 0 saturated carbocycles. The van der Waals surface area contributed by atoms with Crippen LogP contribution in [0.2, 0.25) is 0 Å². The van der Waals surface area contributed by atoms with Crippen LogP contribution >= 0.6 is 0 Å². The highest BCUT2D eigenvalue weighted by Crippen LogP contribution is 1.92. The summed E-state index contributed by atoms with van der Waals surface area (Å²) >= 11 is 0. The minimum absolute atomic E-state index is 0.296. The standard InChI is InChI=1S/C9H18N4O2S/c1-8(2)5-13-16(14,15)12-4-3-9-6-10-7-11-9/h6-8,12-13H,3-5H2,1-2H3,(H,10,11). The number of rotatable bonds is 7. The van der Waals surface area contributed by atoms with E-state index in [-0.39, 0.29) is 0 Å². The topological polar surface area (TPSA) is 86.9 Å². The molecule has 0 saturated heterocycles. The highest BCUT2D eigenvalue weighted by molar-refractivity contribution is 7.87. The van der Waals surface area contributed by atoms with Crippen molar-refractivity contribution >= 4 is 10.2 Å². The first kappa shape index (κ1) is 13.1. The van der Waals surface area contributed by atoms with Crippen molar-refractivity contribution in [3.05, 3.63) is 18.2 Å². The third kappa shape index (κ3) is 5.24. The number of aromatic amines is 1. The van der Waals surface area contributed by atoms with Crippen molar-refractivity contribution in [2.45, 2.75) is 20.3 Å². The Morgan fingerprint density at radius 2 is 2.19 bits per heavy atom. The molecule has 0 spiro atoms. The summed E-state index contributed by atoms with van der Waals surface area (Å²) in [5.74, 6) is 0.296. The van der Waals surface area contributed by atoms with Gasteiger partial charge in [0.1, 0.15) is 0 Å². The van der Waals surface area contributed by atoms with E-state index in [0.717, 1.165) is 5.69 Å². The number of nitrogens with one attached hydrogen (secondary N) is 3. The molecule has 0 aliphatic carbocycles. The molecule has 92 valence electrons. The molecular weight excluding hydrogens is 228 g/mol. The first-order chi connectivity index (χ1) is 7.49. The van der Waals surface area contributed by atoms with Gasteiger partial charge >= 0.3 is 0 Å². The Morgan fingerprint density at radius 3 is 2.75 bits per heavy atom. The van der Waals surface area contributed by atoms with Crippen LogP contribution in [0.25, 0.3) is 0 Å². The molecule has 0 radical (unpaired) electrons. The summed E-state index contributed by atoms with van der Waals surface area (Å²) in [4.78, 5) is 6.76. The van der Waals surface area contributed by atoms with Crippen molar-refractivity contribution in [2.75, 3.05) is 13.1 Å². The van der Waals surface area contributed by atoms with Gasteiger partial charge in [0.2, 0.25) is 0 Å². The van der Waals surface area contributed by atoms with Gasteiger partial charge in [-0.15, -0.1) is 0 Å². The molecule has 1 heterocycles. The zero-order valence-corrected chi connectivity index (χ0v) is 10.3. The quantitative estimate of drug-likeness (QED) is 0.634. The summed E-state index contributed by atoms with van der Waals surface area (Å²) in [6, 6.07) is 0. The van der Waals surface area contributed by atoms with Gasteiger partial charge in [0.05, 0.1) is 6.33 Å². The lowest BCUT2D eigenvalue weighted by Crippen LogP contribution is -2.39. The highest BCUT2D eigenvalue weighted by atomic mass is 32.2. The van der Waals surface area contributed by atoms with Gasteiger partial charge in [0.15, 0.2) is 0 Å². The van der Waals surface area contributed by atoms with Crippen molar-refractivity contribution in [1.82, 2.24) is 19.4 Å². The molecule has 0 aliphatic rings. The summed E-state index contributed by atoms with van der Waals surface area (Å²) in [5, 5.41) is 0. The Hall–Kier alpha value is -0.920. The molecule has 6 nitrogen and oxygen atoms in total. The van der Waals surface area contributed by atoms with E-state index in [1.807, 2.05) is 13.8 Å². The van der Waals surface area contributed by atoms with Gasteiger partial charge in [-0.05, 0) is 5.92 Å². The molecule has 0 unspecified atom stereocenters. The predicted molar refractivity (Wildman–Crippen MR) is 62.1 cm³/mol. The second-order valence-electron chi connectivity index (χ2n) is 3.97. The van der Waals surface area contributed by atoms with E-state index >= 15 is 0 Å². The normalized spacial score (nSPS) is 12.2. The molecule has 16 heavy (non-hydrogen) atoms. The minimum atomic E-state index is -3.36. The summed E-state index contributed by atoms with van der Waals surface area (Å²) in [6.45, 7) is 4.70. The molecule has 0 aliphatic heterocycles. The van der Waals surface area contributed by atoms with Crippen LogP contribution in [0.15, 0.2) is 12.5 Å². The van der Waals surface area contributed by atoms with Gasteiger partial charge in [-0.1, -0.05) is 13.8 Å². The lowest BCUT2D eigenvalue weighted by atomic mass is 10.2. The zero-order valence-electron chi connectivity index (χ0n) is 9.53. The van der Waals surface area contributed by atoms with Crippen LogP contribution in [0.4, 0.5) is 0 Å². The van der Waals surface area contributed by atoms with Crippen LogP contribution < -0.4 is 9.44 Å². The van der Waals surface area contributed by atoms with Crippen LogP contribution in [0, 0.1) is 5.92 Å². The fraction of sp³-hybridized carbons (Fsp3) is 0.667. The number of imidazole rings is 1. The van der Waals surface area contributed by atoms with Gasteiger partial charge in [0, 0.05) is 31.4 Å². The van der Waals surface area contributed by atoms with Gasteiger partial charge in [0.25, 0.3) is 10.2 Å². The molecule has 3 N–H and O–H groups in total. The maximum absolute atomic E-state index is 11.4. The van der Waals surface area contributed by atoms with Crippen molar-refractivity contribution in [2.24, 2.45) is 5.92 Å². The van der Waals surface area contributed by atoms with Crippen molar-refractivity contribution in [1.29, 1.82) is 0 Å². The smallest absolute Gasteiger partial charge is 0.276 e. The maximum atomic E-state index is 11.4. The lowest BCUT2D eigenvalue weighted by molar-refractivity contribution is 0.547. The van der Waals surface area contributed by atoms with Gasteiger partial charge in [-0.3, -0.25) is 0 Å². The summed E-state index contributed by atoms with van der Waals surface area (Å²) in [7, 11) is -3.36. The largest absolute Gasteiger partial charge is 0.348 e. The SMILES string of the molecule is CC(C)CNS(=O)(=O)NCCc1cnc[nH]1. The third-order valence-electron chi connectivity index (χ3n) is 1.92. The van der Waals surface area contributed by atoms with Gasteiger partial charge in [-0.2, -0.15) is 8.42 Å². The van der Waals surface area contributed by atoms with Crippen molar-refractivity contribution < 1.29 is 8.42 Å². The first-order valence-corrected chi connectivity index (χ1v) is 6.69.